The molecule has 0 saturated heterocycles. The van der Waals surface area contributed by atoms with Crippen LogP contribution in [0.4, 0.5) is 5.69 Å². The number of nitro groups is 1. The van der Waals surface area contributed by atoms with Crippen molar-refractivity contribution in [3.05, 3.63) is 64.0 Å². The van der Waals surface area contributed by atoms with E-state index in [-0.39, 0.29) is 23.1 Å². The number of ketones is 1. The number of methoxy groups -OCH3 is 1. The highest BCUT2D eigenvalue weighted by Gasteiger charge is 2.21. The van der Waals surface area contributed by atoms with Crippen LogP contribution in [0.3, 0.4) is 0 Å². The number of nitrogens with zero attached hydrogens (tertiary/aromatic N) is 2. The van der Waals surface area contributed by atoms with E-state index in [1.54, 1.807) is 31.5 Å². The lowest BCUT2D eigenvalue weighted by Gasteiger charge is -2.11. The topological polar surface area (TPSA) is 82.3 Å². The molecule has 1 aromatic heterocycles. The Morgan fingerprint density at radius 1 is 1.29 bits per heavy atom. The maximum atomic E-state index is 12.4. The first-order valence-corrected chi connectivity index (χ1v) is 6.31. The van der Waals surface area contributed by atoms with Crippen molar-refractivity contribution in [3.8, 4) is 5.75 Å². The lowest BCUT2D eigenvalue weighted by atomic mass is 9.93. The van der Waals surface area contributed by atoms with Crippen LogP contribution in [0.2, 0.25) is 0 Å². The number of pyridine rings is 1. The van der Waals surface area contributed by atoms with Crippen molar-refractivity contribution in [2.45, 2.75) is 12.8 Å². The number of carbonyl (C=O) groups is 1. The Bertz CT molecular complexity index is 671. The number of benzene rings is 1. The molecular weight excluding hydrogens is 272 g/mol. The summed E-state index contributed by atoms with van der Waals surface area (Å²) in [6, 6.07) is 7.67. The number of rotatable bonds is 5. The van der Waals surface area contributed by atoms with Gasteiger partial charge in [-0.2, -0.15) is 0 Å². The van der Waals surface area contributed by atoms with E-state index in [9.17, 15) is 14.9 Å². The molecule has 1 unspecified atom stereocenters. The summed E-state index contributed by atoms with van der Waals surface area (Å²) in [6.45, 7) is 1.78. The van der Waals surface area contributed by atoms with Crippen molar-refractivity contribution in [2.24, 2.45) is 0 Å². The summed E-state index contributed by atoms with van der Waals surface area (Å²) in [5.41, 5.74) is 1.06. The van der Waals surface area contributed by atoms with Gasteiger partial charge in [0.2, 0.25) is 0 Å². The van der Waals surface area contributed by atoms with Gasteiger partial charge in [-0.3, -0.25) is 19.9 Å². The predicted molar refractivity (Wildman–Crippen MR) is 76.6 cm³/mol. The SMILES string of the molecule is COc1cc(C(=O)C(C)c2ccncc2)ccc1[N+](=O)[O-]. The second-order valence-corrected chi connectivity index (χ2v) is 4.51. The van der Waals surface area contributed by atoms with Gasteiger partial charge in [-0.25, -0.2) is 0 Å². The van der Waals surface area contributed by atoms with Crippen molar-refractivity contribution < 1.29 is 14.5 Å². The minimum absolute atomic E-state index is 0.0766. The average molecular weight is 286 g/mol. The van der Waals surface area contributed by atoms with Gasteiger partial charge in [-0.05, 0) is 29.8 Å². The second kappa shape index (κ2) is 6.13. The maximum absolute atomic E-state index is 12.4. The van der Waals surface area contributed by atoms with Gasteiger partial charge in [-0.15, -0.1) is 0 Å². The Labute approximate surface area is 121 Å². The smallest absolute Gasteiger partial charge is 0.310 e. The molecular formula is C15H14N2O4. The van der Waals surface area contributed by atoms with Crippen molar-refractivity contribution in [1.82, 2.24) is 4.98 Å². The van der Waals surface area contributed by atoms with Crippen LogP contribution >= 0.6 is 0 Å². The van der Waals surface area contributed by atoms with Crippen LogP contribution < -0.4 is 4.74 Å². The average Bonchev–Trinajstić information content (AvgIpc) is 2.53. The van der Waals surface area contributed by atoms with E-state index in [4.69, 9.17) is 4.74 Å². The van der Waals surface area contributed by atoms with E-state index in [0.717, 1.165) is 5.56 Å². The zero-order valence-corrected chi connectivity index (χ0v) is 11.6. The molecule has 0 bridgehead atoms. The van der Waals surface area contributed by atoms with Crippen LogP contribution in [0.1, 0.15) is 28.8 Å². The minimum atomic E-state index is -0.542. The van der Waals surface area contributed by atoms with Crippen LogP contribution in [0, 0.1) is 10.1 Å². The third-order valence-electron chi connectivity index (χ3n) is 3.26. The van der Waals surface area contributed by atoms with E-state index in [0.29, 0.717) is 5.56 Å². The fourth-order valence-corrected chi connectivity index (χ4v) is 2.04. The van der Waals surface area contributed by atoms with Crippen molar-refractivity contribution >= 4 is 11.5 Å². The molecule has 108 valence electrons. The van der Waals surface area contributed by atoms with Gasteiger partial charge >= 0.3 is 5.69 Å². The maximum Gasteiger partial charge on any atom is 0.310 e. The molecule has 1 heterocycles. The van der Waals surface area contributed by atoms with Crippen molar-refractivity contribution in [2.75, 3.05) is 7.11 Å². The van der Waals surface area contributed by atoms with E-state index >= 15 is 0 Å². The molecule has 0 spiro atoms. The lowest BCUT2D eigenvalue weighted by Crippen LogP contribution is -2.10. The Morgan fingerprint density at radius 3 is 2.52 bits per heavy atom. The van der Waals surface area contributed by atoms with Crippen LogP contribution in [0.5, 0.6) is 5.75 Å². The molecule has 1 aromatic carbocycles. The Balaban J connectivity index is 2.34. The van der Waals surface area contributed by atoms with Crippen LogP contribution in [0.25, 0.3) is 0 Å². The van der Waals surface area contributed by atoms with E-state index in [1.807, 2.05) is 0 Å². The van der Waals surface area contributed by atoms with Gasteiger partial charge in [0.1, 0.15) is 0 Å². The summed E-state index contributed by atoms with van der Waals surface area (Å²) in [7, 11) is 1.34. The number of Topliss-reactive ketones (excluding diaryl/α,β-unsaturated/α-hetero) is 1. The van der Waals surface area contributed by atoms with Gasteiger partial charge in [-0.1, -0.05) is 6.92 Å². The third-order valence-corrected chi connectivity index (χ3v) is 3.26. The number of nitro benzene ring substituents is 1. The second-order valence-electron chi connectivity index (χ2n) is 4.51. The molecule has 0 amide bonds. The van der Waals surface area contributed by atoms with Gasteiger partial charge in [0, 0.05) is 29.9 Å². The molecule has 2 aromatic rings. The zero-order chi connectivity index (χ0) is 15.4. The summed E-state index contributed by atoms with van der Waals surface area (Å²) in [5, 5.41) is 10.9. The lowest BCUT2D eigenvalue weighted by molar-refractivity contribution is -0.385. The van der Waals surface area contributed by atoms with Gasteiger partial charge in [0.25, 0.3) is 0 Å². The highest BCUT2D eigenvalue weighted by molar-refractivity contribution is 6.01. The molecule has 1 atom stereocenters. The molecule has 0 radical (unpaired) electrons. The number of ether oxygens (including phenoxy) is 1. The van der Waals surface area contributed by atoms with E-state index < -0.39 is 4.92 Å². The van der Waals surface area contributed by atoms with Crippen molar-refractivity contribution in [1.29, 1.82) is 0 Å². The quantitative estimate of drug-likeness (QED) is 0.479. The number of hydrogen-bond acceptors (Lipinski definition) is 5. The fraction of sp³-hybridized carbons (Fsp3) is 0.200. The molecule has 0 saturated carbocycles. The summed E-state index contributed by atoms with van der Waals surface area (Å²) < 4.78 is 4.98. The summed E-state index contributed by atoms with van der Waals surface area (Å²) >= 11 is 0. The van der Waals surface area contributed by atoms with E-state index in [1.165, 1.54) is 25.3 Å². The molecule has 0 fully saturated rings. The summed E-state index contributed by atoms with van der Waals surface area (Å²) in [4.78, 5) is 26.7. The molecule has 6 heteroatoms. The highest BCUT2D eigenvalue weighted by Crippen LogP contribution is 2.29. The van der Waals surface area contributed by atoms with Gasteiger partial charge < -0.3 is 4.74 Å². The fourth-order valence-electron chi connectivity index (χ4n) is 2.04. The molecule has 0 aliphatic carbocycles. The third kappa shape index (κ3) is 3.05. The van der Waals surface area contributed by atoms with Gasteiger partial charge in [0.15, 0.2) is 11.5 Å². The summed E-state index contributed by atoms with van der Waals surface area (Å²) in [5.74, 6) is -0.415. The highest BCUT2D eigenvalue weighted by atomic mass is 16.6. The Hall–Kier alpha value is -2.76. The van der Waals surface area contributed by atoms with E-state index in [2.05, 4.69) is 4.98 Å². The van der Waals surface area contributed by atoms with Gasteiger partial charge in [0.05, 0.1) is 12.0 Å². The first kappa shape index (κ1) is 14.6. The molecule has 0 aliphatic heterocycles. The first-order valence-electron chi connectivity index (χ1n) is 6.31. The van der Waals surface area contributed by atoms with Crippen LogP contribution in [-0.4, -0.2) is 22.8 Å². The zero-order valence-electron chi connectivity index (χ0n) is 11.6. The molecule has 21 heavy (non-hydrogen) atoms. The molecule has 6 nitrogen and oxygen atoms in total. The first-order chi connectivity index (χ1) is 10.0. The number of aromatic nitrogens is 1. The largest absolute Gasteiger partial charge is 0.490 e. The monoisotopic (exact) mass is 286 g/mol. The van der Waals surface area contributed by atoms with Crippen LogP contribution in [-0.2, 0) is 0 Å². The van der Waals surface area contributed by atoms with Crippen molar-refractivity contribution in [3.63, 3.8) is 0 Å². The number of hydrogen-bond donors (Lipinski definition) is 0. The standard InChI is InChI=1S/C15H14N2O4/c1-10(11-5-7-16-8-6-11)15(18)12-3-4-13(17(19)20)14(9-12)21-2/h3-10H,1-2H3. The Kier molecular flexibility index (Phi) is 4.27. The molecule has 0 aliphatic rings. The number of carbonyl (C=O) groups excluding carboxylic acids is 1. The molecule has 0 N–H and O–H groups in total. The Morgan fingerprint density at radius 2 is 1.95 bits per heavy atom. The summed E-state index contributed by atoms with van der Waals surface area (Å²) in [6.07, 6.45) is 3.24. The minimum Gasteiger partial charge on any atom is -0.490 e. The predicted octanol–water partition coefficient (Wildman–Crippen LogP) is 2.98. The normalized spacial score (nSPS) is 11.7. The van der Waals surface area contributed by atoms with Crippen LogP contribution in [0.15, 0.2) is 42.7 Å². The molecule has 2 rings (SSSR count).